The van der Waals surface area contributed by atoms with E-state index in [-0.39, 0.29) is 18.7 Å². The van der Waals surface area contributed by atoms with Gasteiger partial charge in [-0.25, -0.2) is 8.78 Å². The molecule has 0 aliphatic carbocycles. The number of likely N-dealkylation sites (N-methyl/N-ethyl adjacent to an activating group) is 1. The number of likely N-dealkylation sites (tertiary alicyclic amines) is 1. The first-order valence-electron chi connectivity index (χ1n) is 13.2. The second-order valence-corrected chi connectivity index (χ2v) is 10.4. The van der Waals surface area contributed by atoms with Crippen LogP contribution in [0.15, 0.2) is 53.5 Å². The first-order chi connectivity index (χ1) is 18.8. The summed E-state index contributed by atoms with van der Waals surface area (Å²) in [5, 5.41) is 14.1. The van der Waals surface area contributed by atoms with Gasteiger partial charge in [0.1, 0.15) is 5.84 Å². The van der Waals surface area contributed by atoms with Gasteiger partial charge in [-0.1, -0.05) is 6.07 Å². The van der Waals surface area contributed by atoms with Gasteiger partial charge >= 0.3 is 0 Å². The SMILES string of the molecule is CN(C)CCN=C1CCC(NC(=O)c2n[nH]c3ccc(-c4cncc(CN5CCC(F)(F)CC5)c4)cc23)=CN1. The number of alkyl halides is 2. The van der Waals surface area contributed by atoms with Crippen molar-refractivity contribution in [1.29, 1.82) is 0 Å². The van der Waals surface area contributed by atoms with E-state index in [0.29, 0.717) is 37.1 Å². The number of halogens is 2. The monoisotopic (exact) mass is 536 g/mol. The molecule has 11 heteroatoms. The highest BCUT2D eigenvalue weighted by atomic mass is 19.3. The molecule has 206 valence electrons. The number of rotatable bonds is 8. The zero-order chi connectivity index (χ0) is 27.4. The summed E-state index contributed by atoms with van der Waals surface area (Å²) in [6.45, 7) is 2.92. The summed E-state index contributed by atoms with van der Waals surface area (Å²) in [6, 6.07) is 7.80. The molecule has 1 amide bonds. The summed E-state index contributed by atoms with van der Waals surface area (Å²) < 4.78 is 27.0. The third kappa shape index (κ3) is 6.85. The number of nitrogens with zero attached hydrogens (tertiary/aromatic N) is 5. The van der Waals surface area contributed by atoms with Crippen LogP contribution in [0.2, 0.25) is 0 Å². The lowest BCUT2D eigenvalue weighted by Crippen LogP contribution is -2.38. The number of aromatic amines is 1. The first kappa shape index (κ1) is 26.9. The molecule has 39 heavy (non-hydrogen) atoms. The molecule has 0 unspecified atom stereocenters. The van der Waals surface area contributed by atoms with Crippen molar-refractivity contribution >= 4 is 22.6 Å². The second-order valence-electron chi connectivity index (χ2n) is 10.4. The van der Waals surface area contributed by atoms with Gasteiger partial charge in [-0.05, 0) is 49.8 Å². The minimum Gasteiger partial charge on any atom is -0.349 e. The van der Waals surface area contributed by atoms with E-state index < -0.39 is 5.92 Å². The van der Waals surface area contributed by atoms with Crippen molar-refractivity contribution < 1.29 is 13.6 Å². The van der Waals surface area contributed by atoms with Crippen LogP contribution in [-0.2, 0) is 6.54 Å². The molecule has 0 atom stereocenters. The van der Waals surface area contributed by atoms with Crippen molar-refractivity contribution in [3.63, 3.8) is 0 Å². The van der Waals surface area contributed by atoms with Gasteiger partial charge in [0, 0.05) is 80.7 Å². The molecule has 2 aromatic heterocycles. The van der Waals surface area contributed by atoms with E-state index >= 15 is 0 Å². The number of allylic oxidation sites excluding steroid dienone is 1. The van der Waals surface area contributed by atoms with Gasteiger partial charge in [-0.15, -0.1) is 0 Å². The Kier molecular flexibility index (Phi) is 7.99. The molecule has 1 saturated heterocycles. The normalized spacial score (nSPS) is 18.8. The Morgan fingerprint density at radius 1 is 1.15 bits per heavy atom. The molecule has 0 spiro atoms. The van der Waals surface area contributed by atoms with Crippen LogP contribution in [-0.4, -0.2) is 82.9 Å². The predicted molar refractivity (Wildman–Crippen MR) is 148 cm³/mol. The molecule has 3 aromatic rings. The van der Waals surface area contributed by atoms with Crippen molar-refractivity contribution in [3.8, 4) is 11.1 Å². The molecule has 0 radical (unpaired) electrons. The van der Waals surface area contributed by atoms with E-state index in [1.807, 2.05) is 43.3 Å². The average molecular weight is 537 g/mol. The summed E-state index contributed by atoms with van der Waals surface area (Å²) in [6.07, 6.45) is 6.52. The summed E-state index contributed by atoms with van der Waals surface area (Å²) in [4.78, 5) is 26.2. The summed E-state index contributed by atoms with van der Waals surface area (Å²) >= 11 is 0. The fraction of sp³-hybridized carbons (Fsp3) is 0.429. The number of carbonyl (C=O) groups excluding carboxylic acids is 1. The Hall–Kier alpha value is -3.70. The highest BCUT2D eigenvalue weighted by Crippen LogP contribution is 2.29. The lowest BCUT2D eigenvalue weighted by molar-refractivity contribution is -0.0566. The molecule has 0 bridgehead atoms. The maximum absolute atomic E-state index is 13.5. The minimum absolute atomic E-state index is 0.111. The number of nitrogens with one attached hydrogen (secondary N) is 3. The van der Waals surface area contributed by atoms with Crippen LogP contribution in [0.1, 0.15) is 41.7 Å². The van der Waals surface area contributed by atoms with E-state index in [9.17, 15) is 13.6 Å². The lowest BCUT2D eigenvalue weighted by Gasteiger charge is -2.31. The van der Waals surface area contributed by atoms with Gasteiger partial charge < -0.3 is 15.5 Å². The Balaban J connectivity index is 1.27. The topological polar surface area (TPSA) is 102 Å². The van der Waals surface area contributed by atoms with Crippen LogP contribution in [0.4, 0.5) is 8.78 Å². The van der Waals surface area contributed by atoms with Gasteiger partial charge in [0.15, 0.2) is 5.69 Å². The van der Waals surface area contributed by atoms with Gasteiger partial charge in [0.05, 0.1) is 12.1 Å². The molecule has 9 nitrogen and oxygen atoms in total. The Labute approximate surface area is 226 Å². The van der Waals surface area contributed by atoms with Gasteiger partial charge in [-0.2, -0.15) is 5.10 Å². The highest BCUT2D eigenvalue weighted by molar-refractivity contribution is 6.06. The van der Waals surface area contributed by atoms with Crippen molar-refractivity contribution in [2.24, 2.45) is 4.99 Å². The number of hydrogen-bond donors (Lipinski definition) is 3. The highest BCUT2D eigenvalue weighted by Gasteiger charge is 2.33. The smallest absolute Gasteiger partial charge is 0.276 e. The fourth-order valence-electron chi connectivity index (χ4n) is 4.78. The number of carbonyl (C=O) groups is 1. The Morgan fingerprint density at radius 2 is 1.97 bits per heavy atom. The summed E-state index contributed by atoms with van der Waals surface area (Å²) in [5.74, 6) is -1.93. The third-order valence-corrected chi connectivity index (χ3v) is 7.07. The van der Waals surface area contributed by atoms with Gasteiger partial charge in [0.2, 0.25) is 0 Å². The predicted octanol–water partition coefficient (Wildman–Crippen LogP) is 3.77. The number of amides is 1. The maximum Gasteiger partial charge on any atom is 0.276 e. The largest absolute Gasteiger partial charge is 0.349 e. The number of piperidine rings is 1. The van der Waals surface area contributed by atoms with Crippen molar-refractivity contribution in [3.05, 3.63) is 59.8 Å². The van der Waals surface area contributed by atoms with E-state index in [1.165, 1.54) is 0 Å². The Bertz CT molecular complexity index is 1390. The summed E-state index contributed by atoms with van der Waals surface area (Å²) in [5.41, 5.74) is 4.61. The zero-order valence-electron chi connectivity index (χ0n) is 22.3. The van der Waals surface area contributed by atoms with Crippen molar-refractivity contribution in [1.82, 2.24) is 35.6 Å². The molecular formula is C28H34F2N8O. The van der Waals surface area contributed by atoms with Gasteiger partial charge in [-0.3, -0.25) is 24.8 Å². The number of amidine groups is 1. The van der Waals surface area contributed by atoms with E-state index in [0.717, 1.165) is 53.3 Å². The number of aliphatic imine (C=N–C) groups is 1. The fourth-order valence-corrected chi connectivity index (χ4v) is 4.78. The number of H-pyrrole nitrogens is 1. The molecule has 0 saturated carbocycles. The quantitative estimate of drug-likeness (QED) is 0.405. The lowest BCUT2D eigenvalue weighted by atomic mass is 10.0. The van der Waals surface area contributed by atoms with Crippen LogP contribution < -0.4 is 10.6 Å². The number of benzene rings is 1. The molecule has 2 aliphatic heterocycles. The maximum atomic E-state index is 13.5. The van der Waals surface area contributed by atoms with E-state index in [4.69, 9.17) is 0 Å². The molecule has 1 aromatic carbocycles. The number of fused-ring (bicyclic) bond motifs is 1. The molecule has 5 rings (SSSR count). The van der Waals surface area contributed by atoms with Crippen molar-refractivity contribution in [2.75, 3.05) is 40.3 Å². The first-order valence-corrected chi connectivity index (χ1v) is 13.2. The van der Waals surface area contributed by atoms with Crippen molar-refractivity contribution in [2.45, 2.75) is 38.2 Å². The standard InChI is InChI=1S/C28H34F2N8O/c1-37(2)12-9-32-25-6-4-22(17-33-25)34-27(39)26-23-14-20(3-5-24(23)35-36-26)21-13-19(15-31-16-21)18-38-10-7-28(29,30)8-11-38/h3,5,13-17H,4,6-12,18H2,1-2H3,(H,32,33)(H,34,39)(H,35,36). The number of hydrogen-bond acceptors (Lipinski definition) is 6. The van der Waals surface area contributed by atoms with Crippen LogP contribution in [0.3, 0.4) is 0 Å². The van der Waals surface area contributed by atoms with Gasteiger partial charge in [0.25, 0.3) is 11.8 Å². The summed E-state index contributed by atoms with van der Waals surface area (Å²) in [7, 11) is 4.03. The second kappa shape index (κ2) is 11.6. The zero-order valence-corrected chi connectivity index (χ0v) is 22.3. The molecular weight excluding hydrogens is 502 g/mol. The van der Waals surface area contributed by atoms with E-state index in [2.05, 4.69) is 35.7 Å². The van der Waals surface area contributed by atoms with Crippen LogP contribution >= 0.6 is 0 Å². The Morgan fingerprint density at radius 3 is 2.72 bits per heavy atom. The number of aromatic nitrogens is 3. The minimum atomic E-state index is -2.56. The molecule has 4 heterocycles. The molecule has 2 aliphatic rings. The van der Waals surface area contributed by atoms with E-state index in [1.54, 1.807) is 18.6 Å². The number of pyridine rings is 1. The third-order valence-electron chi connectivity index (χ3n) is 7.07. The van der Waals surface area contributed by atoms with Crippen LogP contribution in [0, 0.1) is 0 Å². The average Bonchev–Trinajstić information content (AvgIpc) is 3.34. The molecule has 3 N–H and O–H groups in total. The van der Waals surface area contributed by atoms with Crippen LogP contribution in [0.5, 0.6) is 0 Å². The van der Waals surface area contributed by atoms with Crippen LogP contribution in [0.25, 0.3) is 22.0 Å². The molecule has 1 fully saturated rings.